The number of rotatable bonds is 6. The number of halogens is 1. The summed E-state index contributed by atoms with van der Waals surface area (Å²) in [5.41, 5.74) is 0.362. The molecule has 6 nitrogen and oxygen atoms in total. The molecule has 0 unspecified atom stereocenters. The second-order valence-electron chi connectivity index (χ2n) is 4.11. The summed E-state index contributed by atoms with van der Waals surface area (Å²) in [6.07, 6.45) is 1.31. The van der Waals surface area contributed by atoms with Crippen molar-refractivity contribution >= 4 is 11.6 Å². The second-order valence-corrected chi connectivity index (χ2v) is 4.11. The molecule has 2 aromatic rings. The van der Waals surface area contributed by atoms with Gasteiger partial charge in [0.25, 0.3) is 0 Å². The largest absolute Gasteiger partial charge is 0.485 e. The Hall–Kier alpha value is -2.83. The van der Waals surface area contributed by atoms with E-state index < -0.39 is 16.6 Å². The number of ketones is 1. The van der Waals surface area contributed by atoms with Crippen molar-refractivity contribution in [3.63, 3.8) is 0 Å². The minimum absolute atomic E-state index is 0.00871. The molecule has 0 aliphatic rings. The lowest BCUT2D eigenvalue weighted by molar-refractivity contribution is -0.390. The van der Waals surface area contributed by atoms with Crippen LogP contribution < -0.4 is 4.74 Å². The van der Waals surface area contributed by atoms with Gasteiger partial charge < -0.3 is 14.9 Å². The first-order valence-corrected chi connectivity index (χ1v) is 6.09. The molecule has 1 aromatic heterocycles. The van der Waals surface area contributed by atoms with E-state index in [-0.39, 0.29) is 24.6 Å². The van der Waals surface area contributed by atoms with E-state index in [1.807, 2.05) is 0 Å². The molecule has 0 saturated carbocycles. The molecule has 1 heterocycles. The monoisotopic (exact) mass is 290 g/mol. The third-order valence-electron chi connectivity index (χ3n) is 2.68. The molecular formula is C14H11FN2O4. The average molecular weight is 290 g/mol. The smallest absolute Gasteiger partial charge is 0.406 e. The second kappa shape index (κ2) is 6.56. The molecule has 7 heteroatoms. The van der Waals surface area contributed by atoms with Crippen LogP contribution >= 0.6 is 0 Å². The van der Waals surface area contributed by atoms with Gasteiger partial charge >= 0.3 is 5.82 Å². The molecule has 0 spiro atoms. The summed E-state index contributed by atoms with van der Waals surface area (Å²) in [5.74, 6) is -1.04. The summed E-state index contributed by atoms with van der Waals surface area (Å²) in [6.45, 7) is -0.0251. The predicted molar refractivity (Wildman–Crippen MR) is 71.7 cm³/mol. The highest BCUT2D eigenvalue weighted by molar-refractivity contribution is 5.96. The summed E-state index contributed by atoms with van der Waals surface area (Å²) in [6, 6.07) is 8.06. The number of ether oxygens (including phenoxy) is 1. The summed E-state index contributed by atoms with van der Waals surface area (Å²) >= 11 is 0. The number of nitro groups is 1. The molecule has 1 aromatic carbocycles. The van der Waals surface area contributed by atoms with Crippen molar-refractivity contribution in [3.05, 3.63) is 64.1 Å². The van der Waals surface area contributed by atoms with E-state index in [1.54, 1.807) is 0 Å². The summed E-state index contributed by atoms with van der Waals surface area (Å²) < 4.78 is 18.0. The fourth-order valence-corrected chi connectivity index (χ4v) is 1.67. The Morgan fingerprint density at radius 2 is 2.00 bits per heavy atom. The first-order chi connectivity index (χ1) is 10.1. The Balaban J connectivity index is 1.94. The highest BCUT2D eigenvalue weighted by atomic mass is 19.1. The van der Waals surface area contributed by atoms with Gasteiger partial charge in [0.05, 0.1) is 6.61 Å². The van der Waals surface area contributed by atoms with E-state index >= 15 is 0 Å². The molecule has 108 valence electrons. The Morgan fingerprint density at radius 3 is 2.67 bits per heavy atom. The predicted octanol–water partition coefficient (Wildman–Crippen LogP) is 2.78. The normalized spacial score (nSPS) is 10.1. The van der Waals surface area contributed by atoms with E-state index in [0.29, 0.717) is 5.56 Å². The highest BCUT2D eigenvalue weighted by Crippen LogP contribution is 2.23. The van der Waals surface area contributed by atoms with Crippen LogP contribution in [0.1, 0.15) is 16.8 Å². The third-order valence-corrected chi connectivity index (χ3v) is 2.68. The van der Waals surface area contributed by atoms with E-state index in [1.165, 1.54) is 42.6 Å². The van der Waals surface area contributed by atoms with Crippen LogP contribution in [0.3, 0.4) is 0 Å². The van der Waals surface area contributed by atoms with E-state index in [9.17, 15) is 19.3 Å². The zero-order valence-corrected chi connectivity index (χ0v) is 10.9. The lowest BCUT2D eigenvalue weighted by atomic mass is 10.1. The Labute approximate surface area is 119 Å². The lowest BCUT2D eigenvalue weighted by Gasteiger charge is -2.05. The topological polar surface area (TPSA) is 82.3 Å². The van der Waals surface area contributed by atoms with Crippen molar-refractivity contribution in [2.45, 2.75) is 6.42 Å². The molecule has 0 aliphatic carbocycles. The number of aromatic nitrogens is 1. The van der Waals surface area contributed by atoms with Gasteiger partial charge in [0.1, 0.15) is 12.0 Å². The minimum Gasteiger partial charge on any atom is -0.485 e. The van der Waals surface area contributed by atoms with Crippen LogP contribution in [-0.2, 0) is 0 Å². The molecule has 0 bridgehead atoms. The molecular weight excluding hydrogens is 279 g/mol. The zero-order chi connectivity index (χ0) is 15.2. The van der Waals surface area contributed by atoms with Gasteiger partial charge in [-0.25, -0.2) is 4.39 Å². The number of nitrogens with zero attached hydrogens (tertiary/aromatic N) is 2. The molecule has 0 radical (unpaired) electrons. The van der Waals surface area contributed by atoms with Crippen LogP contribution in [0.15, 0.2) is 42.6 Å². The van der Waals surface area contributed by atoms with Crippen molar-refractivity contribution in [2.75, 3.05) is 6.61 Å². The lowest BCUT2D eigenvalue weighted by Crippen LogP contribution is -2.08. The van der Waals surface area contributed by atoms with Gasteiger partial charge in [0.15, 0.2) is 5.78 Å². The van der Waals surface area contributed by atoms with Crippen molar-refractivity contribution in [2.24, 2.45) is 0 Å². The van der Waals surface area contributed by atoms with Gasteiger partial charge in [-0.2, -0.15) is 0 Å². The molecule has 0 atom stereocenters. The first-order valence-electron chi connectivity index (χ1n) is 6.09. The molecule has 0 amide bonds. The number of carbonyl (C=O) groups excluding carboxylic acids is 1. The van der Waals surface area contributed by atoms with Gasteiger partial charge in [-0.1, -0.05) is 0 Å². The molecule has 0 N–H and O–H groups in total. The number of carbonyl (C=O) groups is 1. The molecule has 0 saturated heterocycles. The fraction of sp³-hybridized carbons (Fsp3) is 0.143. The van der Waals surface area contributed by atoms with Crippen LogP contribution in [-0.4, -0.2) is 22.3 Å². The van der Waals surface area contributed by atoms with Crippen LogP contribution in [0.5, 0.6) is 5.75 Å². The zero-order valence-electron chi connectivity index (χ0n) is 10.9. The van der Waals surface area contributed by atoms with E-state index in [2.05, 4.69) is 4.98 Å². The van der Waals surface area contributed by atoms with E-state index in [0.717, 1.165) is 0 Å². The van der Waals surface area contributed by atoms with Crippen molar-refractivity contribution in [1.29, 1.82) is 0 Å². The maximum atomic E-state index is 12.7. The average Bonchev–Trinajstić information content (AvgIpc) is 2.48. The highest BCUT2D eigenvalue weighted by Gasteiger charge is 2.16. The standard InChI is InChI=1S/C14H11FN2O4/c15-11-5-3-10(4-6-11)12(18)7-9-21-13-2-1-8-16-14(13)17(19)20/h1-6,8H,7,9H2. The van der Waals surface area contributed by atoms with E-state index in [4.69, 9.17) is 4.74 Å². The minimum atomic E-state index is -0.656. The number of hydrogen-bond donors (Lipinski definition) is 0. The van der Waals surface area contributed by atoms with Gasteiger partial charge in [0.2, 0.25) is 5.75 Å². The third kappa shape index (κ3) is 3.82. The molecule has 0 aliphatic heterocycles. The number of benzene rings is 1. The van der Waals surface area contributed by atoms with Gasteiger partial charge in [0, 0.05) is 12.0 Å². The van der Waals surface area contributed by atoms with Crippen molar-refractivity contribution in [1.82, 2.24) is 4.98 Å². The Morgan fingerprint density at radius 1 is 1.29 bits per heavy atom. The molecule has 0 fully saturated rings. The van der Waals surface area contributed by atoms with Gasteiger partial charge in [-0.05, 0) is 46.3 Å². The maximum absolute atomic E-state index is 12.7. The Kier molecular flexibility index (Phi) is 4.55. The SMILES string of the molecule is O=C(CCOc1cccnc1[N+](=O)[O-])c1ccc(F)cc1. The van der Waals surface area contributed by atoms with Crippen LogP contribution in [0, 0.1) is 15.9 Å². The van der Waals surface area contributed by atoms with Gasteiger partial charge in [-0.3, -0.25) is 4.79 Å². The van der Waals surface area contributed by atoms with Crippen LogP contribution in [0.4, 0.5) is 10.2 Å². The van der Waals surface area contributed by atoms with Crippen LogP contribution in [0.25, 0.3) is 0 Å². The summed E-state index contributed by atoms with van der Waals surface area (Å²) in [5, 5.41) is 10.7. The van der Waals surface area contributed by atoms with Crippen molar-refractivity contribution < 1.29 is 18.8 Å². The fourth-order valence-electron chi connectivity index (χ4n) is 1.67. The summed E-state index contributed by atoms with van der Waals surface area (Å²) in [7, 11) is 0. The summed E-state index contributed by atoms with van der Waals surface area (Å²) in [4.78, 5) is 25.5. The van der Waals surface area contributed by atoms with Crippen LogP contribution in [0.2, 0.25) is 0 Å². The van der Waals surface area contributed by atoms with Crippen molar-refractivity contribution in [3.8, 4) is 5.75 Å². The maximum Gasteiger partial charge on any atom is 0.406 e. The number of pyridine rings is 1. The molecule has 21 heavy (non-hydrogen) atoms. The van der Waals surface area contributed by atoms with Gasteiger partial charge in [-0.15, -0.1) is 0 Å². The quantitative estimate of drug-likeness (QED) is 0.464. The molecule has 2 rings (SSSR count). The number of Topliss-reactive ketones (excluding diaryl/α,β-unsaturated/α-hetero) is 1. The Bertz CT molecular complexity index is 658. The number of hydrogen-bond acceptors (Lipinski definition) is 5. The first kappa shape index (κ1) is 14.6.